The highest BCUT2D eigenvalue weighted by Crippen LogP contribution is 2.24. The Morgan fingerprint density at radius 3 is 2.42 bits per heavy atom. The van der Waals surface area contributed by atoms with Gasteiger partial charge in [0.05, 0.1) is 12.7 Å². The molecule has 0 aliphatic heterocycles. The fourth-order valence-electron chi connectivity index (χ4n) is 1.54. The van der Waals surface area contributed by atoms with E-state index in [0.29, 0.717) is 30.3 Å². The molecule has 0 atom stereocenters. The number of methoxy groups -OCH3 is 1. The number of terminal acetylenes is 1. The van der Waals surface area contributed by atoms with Crippen LogP contribution in [0.4, 0.5) is 0 Å². The molecule has 0 aromatic heterocycles. The SMILES string of the molecule is C#Cc1ccc(OC)cc1OCC(OCC)OCC. The maximum atomic E-state index is 5.67. The minimum atomic E-state index is -0.396. The molecule has 0 saturated carbocycles. The van der Waals surface area contributed by atoms with E-state index in [9.17, 15) is 0 Å². The Bertz CT molecular complexity index is 417. The van der Waals surface area contributed by atoms with Gasteiger partial charge in [0.1, 0.15) is 18.1 Å². The molecule has 0 fully saturated rings. The molecular formula is C15H20O4. The van der Waals surface area contributed by atoms with Crippen LogP contribution in [-0.2, 0) is 9.47 Å². The summed E-state index contributed by atoms with van der Waals surface area (Å²) >= 11 is 0. The summed E-state index contributed by atoms with van der Waals surface area (Å²) in [6.07, 6.45) is 5.04. The van der Waals surface area contributed by atoms with E-state index in [4.69, 9.17) is 25.4 Å². The Hall–Kier alpha value is -1.70. The maximum absolute atomic E-state index is 5.67. The summed E-state index contributed by atoms with van der Waals surface area (Å²) in [5, 5.41) is 0. The second-order valence-electron chi connectivity index (χ2n) is 3.66. The summed E-state index contributed by atoms with van der Waals surface area (Å²) < 4.78 is 21.6. The van der Waals surface area contributed by atoms with Crippen molar-refractivity contribution in [3.05, 3.63) is 23.8 Å². The van der Waals surface area contributed by atoms with Gasteiger partial charge in [-0.25, -0.2) is 0 Å². The molecule has 0 spiro atoms. The van der Waals surface area contributed by atoms with Crippen molar-refractivity contribution in [2.24, 2.45) is 0 Å². The van der Waals surface area contributed by atoms with Gasteiger partial charge in [0.2, 0.25) is 0 Å². The van der Waals surface area contributed by atoms with Gasteiger partial charge in [-0.3, -0.25) is 0 Å². The van der Waals surface area contributed by atoms with Crippen molar-refractivity contribution in [1.29, 1.82) is 0 Å². The molecule has 4 heteroatoms. The minimum Gasteiger partial charge on any atom is -0.497 e. The summed E-state index contributed by atoms with van der Waals surface area (Å²) in [6.45, 7) is 5.22. The zero-order valence-corrected chi connectivity index (χ0v) is 11.6. The van der Waals surface area contributed by atoms with E-state index < -0.39 is 6.29 Å². The van der Waals surface area contributed by atoms with Crippen LogP contribution < -0.4 is 9.47 Å². The van der Waals surface area contributed by atoms with Gasteiger partial charge in [-0.15, -0.1) is 6.42 Å². The molecule has 0 radical (unpaired) electrons. The van der Waals surface area contributed by atoms with Crippen molar-refractivity contribution in [1.82, 2.24) is 0 Å². The van der Waals surface area contributed by atoms with Crippen LogP contribution in [0.3, 0.4) is 0 Å². The zero-order valence-electron chi connectivity index (χ0n) is 11.6. The number of rotatable bonds is 8. The predicted molar refractivity (Wildman–Crippen MR) is 73.5 cm³/mol. The Labute approximate surface area is 114 Å². The molecule has 19 heavy (non-hydrogen) atoms. The summed E-state index contributed by atoms with van der Waals surface area (Å²) in [5.74, 6) is 3.85. The Morgan fingerprint density at radius 2 is 1.89 bits per heavy atom. The van der Waals surface area contributed by atoms with Gasteiger partial charge < -0.3 is 18.9 Å². The molecule has 0 saturated heterocycles. The van der Waals surface area contributed by atoms with Crippen molar-refractivity contribution in [3.8, 4) is 23.8 Å². The first-order valence-electron chi connectivity index (χ1n) is 6.25. The molecular weight excluding hydrogens is 244 g/mol. The highest BCUT2D eigenvalue weighted by Gasteiger charge is 2.11. The molecule has 1 aromatic rings. The lowest BCUT2D eigenvalue weighted by molar-refractivity contribution is -0.152. The summed E-state index contributed by atoms with van der Waals surface area (Å²) in [6, 6.07) is 5.33. The molecule has 0 bridgehead atoms. The summed E-state index contributed by atoms with van der Waals surface area (Å²) in [4.78, 5) is 0. The molecule has 0 aliphatic carbocycles. The first-order chi connectivity index (χ1) is 9.24. The molecule has 1 rings (SSSR count). The summed E-state index contributed by atoms with van der Waals surface area (Å²) in [5.41, 5.74) is 0.674. The van der Waals surface area contributed by atoms with Crippen LogP contribution in [0.2, 0.25) is 0 Å². The third-order valence-corrected chi connectivity index (χ3v) is 2.42. The van der Waals surface area contributed by atoms with Crippen LogP contribution >= 0.6 is 0 Å². The average molecular weight is 264 g/mol. The third-order valence-electron chi connectivity index (χ3n) is 2.42. The van der Waals surface area contributed by atoms with Crippen molar-refractivity contribution < 1.29 is 18.9 Å². The maximum Gasteiger partial charge on any atom is 0.191 e. The molecule has 4 nitrogen and oxygen atoms in total. The molecule has 0 unspecified atom stereocenters. The molecule has 1 aromatic carbocycles. The van der Waals surface area contributed by atoms with Gasteiger partial charge in [-0.1, -0.05) is 5.92 Å². The summed E-state index contributed by atoms with van der Waals surface area (Å²) in [7, 11) is 1.60. The lowest BCUT2D eigenvalue weighted by atomic mass is 10.2. The van der Waals surface area contributed by atoms with Crippen molar-refractivity contribution in [2.75, 3.05) is 26.9 Å². The molecule has 0 heterocycles. The molecule has 0 N–H and O–H groups in total. The van der Waals surface area contributed by atoms with Crippen LogP contribution in [0.1, 0.15) is 19.4 Å². The smallest absolute Gasteiger partial charge is 0.191 e. The van der Waals surface area contributed by atoms with E-state index >= 15 is 0 Å². The van der Waals surface area contributed by atoms with Gasteiger partial charge in [-0.05, 0) is 26.0 Å². The topological polar surface area (TPSA) is 36.9 Å². The van der Waals surface area contributed by atoms with Gasteiger partial charge in [-0.2, -0.15) is 0 Å². The van der Waals surface area contributed by atoms with E-state index in [1.165, 1.54) is 0 Å². The normalized spacial score (nSPS) is 10.3. The number of hydrogen-bond acceptors (Lipinski definition) is 4. The number of ether oxygens (including phenoxy) is 4. The fourth-order valence-corrected chi connectivity index (χ4v) is 1.54. The van der Waals surface area contributed by atoms with Gasteiger partial charge in [0.25, 0.3) is 0 Å². The highest BCUT2D eigenvalue weighted by molar-refractivity contribution is 5.48. The van der Waals surface area contributed by atoms with Crippen LogP contribution in [-0.4, -0.2) is 33.2 Å². The Kier molecular flexibility index (Phi) is 6.80. The Balaban J connectivity index is 2.71. The number of benzene rings is 1. The van der Waals surface area contributed by atoms with Gasteiger partial charge in [0.15, 0.2) is 6.29 Å². The monoisotopic (exact) mass is 264 g/mol. The second-order valence-corrected chi connectivity index (χ2v) is 3.66. The van der Waals surface area contributed by atoms with Crippen molar-refractivity contribution >= 4 is 0 Å². The average Bonchev–Trinajstić information content (AvgIpc) is 2.44. The molecule has 104 valence electrons. The van der Waals surface area contributed by atoms with E-state index in [2.05, 4.69) is 5.92 Å². The zero-order chi connectivity index (χ0) is 14.1. The highest BCUT2D eigenvalue weighted by atomic mass is 16.7. The Morgan fingerprint density at radius 1 is 1.21 bits per heavy atom. The van der Waals surface area contributed by atoms with E-state index in [0.717, 1.165) is 0 Å². The van der Waals surface area contributed by atoms with Crippen molar-refractivity contribution in [2.45, 2.75) is 20.1 Å². The lowest BCUT2D eigenvalue weighted by Crippen LogP contribution is -2.25. The molecule has 0 amide bonds. The first-order valence-corrected chi connectivity index (χ1v) is 6.25. The third kappa shape index (κ3) is 4.82. The van der Waals surface area contributed by atoms with Crippen LogP contribution in [0.15, 0.2) is 18.2 Å². The second kappa shape index (κ2) is 8.41. The van der Waals surface area contributed by atoms with E-state index in [-0.39, 0.29) is 6.61 Å². The van der Waals surface area contributed by atoms with Crippen LogP contribution in [0.25, 0.3) is 0 Å². The first kappa shape index (κ1) is 15.4. The quantitative estimate of drug-likeness (QED) is 0.534. The van der Waals surface area contributed by atoms with Crippen LogP contribution in [0, 0.1) is 12.3 Å². The standard InChI is InChI=1S/C15H20O4/c1-5-12-8-9-13(16-4)10-14(12)19-11-15(17-6-2)18-7-3/h1,8-10,15H,6-7,11H2,2-4H3. The molecule has 0 aliphatic rings. The van der Waals surface area contributed by atoms with Gasteiger partial charge >= 0.3 is 0 Å². The van der Waals surface area contributed by atoms with E-state index in [1.807, 2.05) is 13.8 Å². The van der Waals surface area contributed by atoms with Gasteiger partial charge in [0, 0.05) is 19.3 Å². The lowest BCUT2D eigenvalue weighted by Gasteiger charge is -2.18. The van der Waals surface area contributed by atoms with E-state index in [1.54, 1.807) is 25.3 Å². The number of hydrogen-bond donors (Lipinski definition) is 0. The largest absolute Gasteiger partial charge is 0.497 e. The van der Waals surface area contributed by atoms with Crippen molar-refractivity contribution in [3.63, 3.8) is 0 Å². The minimum absolute atomic E-state index is 0.281. The van der Waals surface area contributed by atoms with Crippen LogP contribution in [0.5, 0.6) is 11.5 Å². The fraction of sp³-hybridized carbons (Fsp3) is 0.467. The predicted octanol–water partition coefficient (Wildman–Crippen LogP) is 2.45.